The molecule has 0 radical (unpaired) electrons. The number of nitrogens with one attached hydrogen (secondary N) is 1. The molecule has 4 rings (SSSR count). The van der Waals surface area contributed by atoms with E-state index in [1.807, 2.05) is 31.2 Å². The average Bonchev–Trinajstić information content (AvgIpc) is 3.21. The van der Waals surface area contributed by atoms with Gasteiger partial charge in [-0.05, 0) is 42.8 Å². The highest BCUT2D eigenvalue weighted by Gasteiger charge is 2.36. The molecule has 0 bridgehead atoms. The van der Waals surface area contributed by atoms with E-state index < -0.39 is 23.6 Å². The number of benzene rings is 2. The monoisotopic (exact) mass is 441 g/mol. The standard InChI is InChI=1S/C22H18F3N5O2/c1-13-3-5-14(6-4-13)12-26-20(31)19-28-21-27-17(15-7-9-16(32-2)10-8-15)11-18(22(23,24)25)30(21)29-19/h3-11H,12H2,1-2H3,(H,26,31). The Morgan fingerprint density at radius 3 is 2.38 bits per heavy atom. The molecule has 0 aliphatic carbocycles. The molecule has 1 amide bonds. The van der Waals surface area contributed by atoms with Crippen LogP contribution in [0.15, 0.2) is 54.6 Å². The molecule has 0 unspecified atom stereocenters. The van der Waals surface area contributed by atoms with Gasteiger partial charge in [0.1, 0.15) is 5.75 Å². The van der Waals surface area contributed by atoms with E-state index in [2.05, 4.69) is 20.4 Å². The number of nitrogens with zero attached hydrogens (tertiary/aromatic N) is 4. The predicted molar refractivity (Wildman–Crippen MR) is 110 cm³/mol. The third kappa shape index (κ3) is 4.39. The number of amides is 1. The molecule has 0 saturated heterocycles. The Morgan fingerprint density at radius 1 is 1.06 bits per heavy atom. The first-order chi connectivity index (χ1) is 15.2. The number of alkyl halides is 3. The van der Waals surface area contributed by atoms with E-state index in [0.717, 1.165) is 17.2 Å². The van der Waals surface area contributed by atoms with Crippen molar-refractivity contribution < 1.29 is 22.7 Å². The van der Waals surface area contributed by atoms with Crippen LogP contribution >= 0.6 is 0 Å². The molecule has 0 aliphatic heterocycles. The van der Waals surface area contributed by atoms with Crippen molar-refractivity contribution >= 4 is 11.7 Å². The van der Waals surface area contributed by atoms with Crippen LogP contribution in [0.5, 0.6) is 5.75 Å². The van der Waals surface area contributed by atoms with Crippen LogP contribution < -0.4 is 10.1 Å². The topological polar surface area (TPSA) is 81.4 Å². The highest BCUT2D eigenvalue weighted by molar-refractivity contribution is 5.90. The Morgan fingerprint density at radius 2 is 1.75 bits per heavy atom. The summed E-state index contributed by atoms with van der Waals surface area (Å²) < 4.78 is 46.7. The summed E-state index contributed by atoms with van der Waals surface area (Å²) in [7, 11) is 1.49. The fourth-order valence-corrected chi connectivity index (χ4v) is 3.04. The first-order valence-corrected chi connectivity index (χ1v) is 9.58. The van der Waals surface area contributed by atoms with Crippen LogP contribution in [0.3, 0.4) is 0 Å². The lowest BCUT2D eigenvalue weighted by Crippen LogP contribution is -2.24. The van der Waals surface area contributed by atoms with Gasteiger partial charge in [0.25, 0.3) is 11.7 Å². The third-order valence-electron chi connectivity index (χ3n) is 4.77. The van der Waals surface area contributed by atoms with Crippen molar-refractivity contribution in [2.24, 2.45) is 0 Å². The van der Waals surface area contributed by atoms with Crippen molar-refractivity contribution in [1.82, 2.24) is 24.9 Å². The average molecular weight is 441 g/mol. The molecule has 32 heavy (non-hydrogen) atoms. The fraction of sp³-hybridized carbons (Fsp3) is 0.182. The zero-order valence-corrected chi connectivity index (χ0v) is 17.1. The zero-order chi connectivity index (χ0) is 22.9. The Kier molecular flexibility index (Phi) is 5.52. The number of hydrogen-bond donors (Lipinski definition) is 1. The van der Waals surface area contributed by atoms with Gasteiger partial charge >= 0.3 is 6.18 Å². The van der Waals surface area contributed by atoms with Crippen LogP contribution in [0.25, 0.3) is 17.0 Å². The Labute approximate surface area is 180 Å². The maximum absolute atomic E-state index is 13.7. The molecule has 0 spiro atoms. The summed E-state index contributed by atoms with van der Waals surface area (Å²) in [5, 5.41) is 6.37. The largest absolute Gasteiger partial charge is 0.497 e. The number of halogens is 3. The second kappa shape index (κ2) is 8.29. The van der Waals surface area contributed by atoms with Crippen LogP contribution in [-0.4, -0.2) is 32.6 Å². The maximum atomic E-state index is 13.7. The quantitative estimate of drug-likeness (QED) is 0.505. The van der Waals surface area contributed by atoms with E-state index in [-0.39, 0.29) is 18.0 Å². The molecule has 0 fully saturated rings. The van der Waals surface area contributed by atoms with Crippen LogP contribution in [-0.2, 0) is 12.7 Å². The number of ether oxygens (including phenoxy) is 1. The van der Waals surface area contributed by atoms with Gasteiger partial charge in [0.15, 0.2) is 5.69 Å². The van der Waals surface area contributed by atoms with E-state index >= 15 is 0 Å². The molecule has 0 atom stereocenters. The summed E-state index contributed by atoms with van der Waals surface area (Å²) in [6, 6.07) is 14.7. The van der Waals surface area contributed by atoms with E-state index in [1.54, 1.807) is 24.3 Å². The third-order valence-corrected chi connectivity index (χ3v) is 4.77. The fourth-order valence-electron chi connectivity index (χ4n) is 3.04. The summed E-state index contributed by atoms with van der Waals surface area (Å²) in [6.45, 7) is 2.12. The van der Waals surface area contributed by atoms with Crippen LogP contribution in [0.4, 0.5) is 13.2 Å². The summed E-state index contributed by atoms with van der Waals surface area (Å²) in [5.41, 5.74) is 1.31. The Balaban J connectivity index is 1.68. The van der Waals surface area contributed by atoms with Crippen molar-refractivity contribution in [2.75, 3.05) is 7.11 Å². The first-order valence-electron chi connectivity index (χ1n) is 9.58. The molecule has 4 aromatic rings. The number of carbonyl (C=O) groups excluding carboxylic acids is 1. The van der Waals surface area contributed by atoms with Gasteiger partial charge in [-0.3, -0.25) is 4.79 Å². The van der Waals surface area contributed by atoms with Crippen molar-refractivity contribution in [1.29, 1.82) is 0 Å². The molecule has 2 aromatic carbocycles. The molecule has 1 N–H and O–H groups in total. The van der Waals surface area contributed by atoms with Gasteiger partial charge in [-0.25, -0.2) is 4.98 Å². The number of carbonyl (C=O) groups is 1. The van der Waals surface area contributed by atoms with Gasteiger partial charge < -0.3 is 10.1 Å². The summed E-state index contributed by atoms with van der Waals surface area (Å²) >= 11 is 0. The van der Waals surface area contributed by atoms with Gasteiger partial charge in [-0.15, -0.1) is 5.10 Å². The summed E-state index contributed by atoms with van der Waals surface area (Å²) in [5.74, 6) is -0.871. The number of rotatable bonds is 5. The minimum atomic E-state index is -4.73. The number of methoxy groups -OCH3 is 1. The van der Waals surface area contributed by atoms with Crippen LogP contribution in [0.1, 0.15) is 27.4 Å². The lowest BCUT2D eigenvalue weighted by molar-refractivity contribution is -0.142. The highest BCUT2D eigenvalue weighted by atomic mass is 19.4. The molecule has 2 aromatic heterocycles. The molecule has 7 nitrogen and oxygen atoms in total. The van der Waals surface area contributed by atoms with E-state index in [0.29, 0.717) is 15.8 Å². The number of aryl methyl sites for hydroxylation is 1. The van der Waals surface area contributed by atoms with Gasteiger partial charge in [-0.1, -0.05) is 29.8 Å². The van der Waals surface area contributed by atoms with Crippen molar-refractivity contribution in [3.63, 3.8) is 0 Å². The molecular formula is C22H18F3N5O2. The second-order valence-corrected chi connectivity index (χ2v) is 7.07. The van der Waals surface area contributed by atoms with Crippen molar-refractivity contribution in [3.05, 3.63) is 77.2 Å². The molecule has 2 heterocycles. The Hall–Kier alpha value is -3.95. The maximum Gasteiger partial charge on any atom is 0.433 e. The molecule has 10 heteroatoms. The van der Waals surface area contributed by atoms with Crippen molar-refractivity contribution in [2.45, 2.75) is 19.6 Å². The molecule has 0 saturated carbocycles. The number of fused-ring (bicyclic) bond motifs is 1. The van der Waals surface area contributed by atoms with E-state index in [9.17, 15) is 18.0 Å². The van der Waals surface area contributed by atoms with Gasteiger partial charge in [0, 0.05) is 12.1 Å². The Bertz CT molecular complexity index is 1270. The zero-order valence-electron chi connectivity index (χ0n) is 17.1. The molecular weight excluding hydrogens is 423 g/mol. The smallest absolute Gasteiger partial charge is 0.433 e. The van der Waals surface area contributed by atoms with Crippen LogP contribution in [0.2, 0.25) is 0 Å². The minimum Gasteiger partial charge on any atom is -0.497 e. The van der Waals surface area contributed by atoms with Crippen molar-refractivity contribution in [3.8, 4) is 17.0 Å². The van der Waals surface area contributed by atoms with E-state index in [1.165, 1.54) is 7.11 Å². The van der Waals surface area contributed by atoms with E-state index in [4.69, 9.17) is 4.74 Å². The lowest BCUT2D eigenvalue weighted by atomic mass is 10.1. The van der Waals surface area contributed by atoms with Crippen LogP contribution in [0, 0.1) is 6.92 Å². The van der Waals surface area contributed by atoms with Gasteiger partial charge in [0.05, 0.1) is 12.8 Å². The first kappa shape index (κ1) is 21.3. The number of aromatic nitrogens is 4. The second-order valence-electron chi connectivity index (χ2n) is 7.07. The predicted octanol–water partition coefficient (Wildman–Crippen LogP) is 4.06. The van der Waals surface area contributed by atoms with Gasteiger partial charge in [-0.2, -0.15) is 22.7 Å². The normalized spacial score (nSPS) is 11.5. The SMILES string of the molecule is COc1ccc(-c2cc(C(F)(F)F)n3nc(C(=O)NCc4ccc(C)cc4)nc3n2)cc1. The number of hydrogen-bond acceptors (Lipinski definition) is 5. The molecule has 164 valence electrons. The molecule has 0 aliphatic rings. The highest BCUT2D eigenvalue weighted by Crippen LogP contribution is 2.32. The minimum absolute atomic E-state index is 0.0477. The lowest BCUT2D eigenvalue weighted by Gasteiger charge is -2.10. The van der Waals surface area contributed by atoms with Gasteiger partial charge in [0.2, 0.25) is 5.82 Å². The summed E-state index contributed by atoms with van der Waals surface area (Å²) in [4.78, 5) is 20.6. The summed E-state index contributed by atoms with van der Waals surface area (Å²) in [6.07, 6.45) is -4.73.